The zero-order valence-corrected chi connectivity index (χ0v) is 10.2. The summed E-state index contributed by atoms with van der Waals surface area (Å²) < 4.78 is 1.81. The summed E-state index contributed by atoms with van der Waals surface area (Å²) in [6, 6.07) is 0. The largest absolute Gasteiger partial charge is 0.476 e. The predicted molar refractivity (Wildman–Crippen MR) is 62.2 cm³/mol. The number of hydrogen-bond acceptors (Lipinski definition) is 3. The van der Waals surface area contributed by atoms with Gasteiger partial charge in [0, 0.05) is 36.8 Å². The van der Waals surface area contributed by atoms with Gasteiger partial charge in [0.1, 0.15) is 0 Å². The van der Waals surface area contributed by atoms with E-state index in [2.05, 4.69) is 17.3 Å². The number of carboxylic acid groups (broad SMARTS) is 1. The van der Waals surface area contributed by atoms with E-state index in [1.807, 2.05) is 11.6 Å². The summed E-state index contributed by atoms with van der Waals surface area (Å²) in [5.41, 5.74) is 2.13. The van der Waals surface area contributed by atoms with Gasteiger partial charge in [-0.3, -0.25) is 4.68 Å². The number of nitrogens with one attached hydrogen (secondary N) is 1. The Morgan fingerprint density at radius 3 is 2.94 bits per heavy atom. The molecule has 0 fully saturated rings. The van der Waals surface area contributed by atoms with Gasteiger partial charge in [0.2, 0.25) is 0 Å². The molecule has 1 aromatic rings. The molecule has 0 amide bonds. The minimum Gasteiger partial charge on any atom is -0.476 e. The summed E-state index contributed by atoms with van der Waals surface area (Å²) in [6.07, 6.45) is 0. The first-order valence-electron chi connectivity index (χ1n) is 5.18. The minimum absolute atomic E-state index is 0. The van der Waals surface area contributed by atoms with E-state index in [1.165, 1.54) is 0 Å². The number of nitrogens with zero attached hydrogens (tertiary/aromatic N) is 2. The van der Waals surface area contributed by atoms with Crippen LogP contribution in [0.3, 0.4) is 0 Å². The molecule has 0 aliphatic carbocycles. The van der Waals surface area contributed by atoms with E-state index < -0.39 is 5.97 Å². The molecule has 16 heavy (non-hydrogen) atoms. The topological polar surface area (TPSA) is 67.2 Å². The highest BCUT2D eigenvalue weighted by Gasteiger charge is 2.27. The van der Waals surface area contributed by atoms with Crippen molar-refractivity contribution < 1.29 is 9.90 Å². The third kappa shape index (κ3) is 1.92. The highest BCUT2D eigenvalue weighted by molar-refractivity contribution is 5.87. The molecule has 0 unspecified atom stereocenters. The lowest BCUT2D eigenvalue weighted by molar-refractivity contribution is 0.0688. The molecule has 0 radical (unpaired) electrons. The van der Waals surface area contributed by atoms with Crippen molar-refractivity contribution in [3.05, 3.63) is 17.0 Å². The third-order valence-electron chi connectivity index (χ3n) is 2.82. The van der Waals surface area contributed by atoms with Crippen LogP contribution in [0.25, 0.3) is 0 Å². The second-order valence-corrected chi connectivity index (χ2v) is 3.87. The van der Waals surface area contributed by atoms with Gasteiger partial charge in [-0.1, -0.05) is 6.92 Å². The highest BCUT2D eigenvalue weighted by atomic mass is 35.5. The molecule has 1 atom stereocenters. The Hall–Kier alpha value is -1.07. The monoisotopic (exact) mass is 245 g/mol. The highest BCUT2D eigenvalue weighted by Crippen LogP contribution is 2.26. The predicted octanol–water partition coefficient (Wildman–Crippen LogP) is 1.23. The van der Waals surface area contributed by atoms with Crippen molar-refractivity contribution in [1.29, 1.82) is 0 Å². The average Bonchev–Trinajstić information content (AvgIpc) is 2.58. The SMILES string of the molecule is CCn1nc(C(=O)O)c2c1[C@@H](C)CNC2.Cl. The molecule has 0 spiro atoms. The Balaban J connectivity index is 0.00000128. The number of carbonyl (C=O) groups is 1. The van der Waals surface area contributed by atoms with Crippen molar-refractivity contribution in [2.24, 2.45) is 0 Å². The minimum atomic E-state index is -0.936. The zero-order valence-electron chi connectivity index (χ0n) is 9.36. The van der Waals surface area contributed by atoms with E-state index in [1.54, 1.807) is 0 Å². The van der Waals surface area contributed by atoms with Gasteiger partial charge in [-0.05, 0) is 6.92 Å². The van der Waals surface area contributed by atoms with Gasteiger partial charge in [-0.2, -0.15) is 5.10 Å². The molecule has 0 aromatic carbocycles. The van der Waals surface area contributed by atoms with Crippen LogP contribution < -0.4 is 5.32 Å². The maximum Gasteiger partial charge on any atom is 0.356 e. The number of hydrogen-bond donors (Lipinski definition) is 2. The van der Waals surface area contributed by atoms with E-state index in [9.17, 15) is 4.79 Å². The summed E-state index contributed by atoms with van der Waals surface area (Å²) in [5, 5.41) is 16.4. The fraction of sp³-hybridized carbons (Fsp3) is 0.600. The van der Waals surface area contributed by atoms with Crippen LogP contribution >= 0.6 is 12.4 Å². The molecule has 6 heteroatoms. The van der Waals surface area contributed by atoms with E-state index in [0.29, 0.717) is 12.5 Å². The first-order chi connectivity index (χ1) is 7.15. The standard InChI is InChI=1S/C10H15N3O2.ClH/c1-3-13-9-6(2)4-11-5-7(9)8(12-13)10(14)15;/h6,11H,3-5H2,1-2H3,(H,14,15);1H/t6-;/m0./s1. The van der Waals surface area contributed by atoms with Gasteiger partial charge in [0.05, 0.1) is 0 Å². The third-order valence-corrected chi connectivity index (χ3v) is 2.82. The van der Waals surface area contributed by atoms with E-state index in [0.717, 1.165) is 24.3 Å². The smallest absolute Gasteiger partial charge is 0.356 e. The average molecular weight is 246 g/mol. The number of rotatable bonds is 2. The molecule has 0 bridgehead atoms. The van der Waals surface area contributed by atoms with Gasteiger partial charge in [0.15, 0.2) is 5.69 Å². The van der Waals surface area contributed by atoms with E-state index >= 15 is 0 Å². The number of fused-ring (bicyclic) bond motifs is 1. The second-order valence-electron chi connectivity index (χ2n) is 3.87. The Bertz CT molecular complexity index is 403. The van der Waals surface area contributed by atoms with E-state index in [-0.39, 0.29) is 18.1 Å². The molecule has 90 valence electrons. The molecule has 1 aliphatic heterocycles. The number of aryl methyl sites for hydroxylation is 1. The summed E-state index contributed by atoms with van der Waals surface area (Å²) in [5.74, 6) is -0.608. The van der Waals surface area contributed by atoms with Crippen molar-refractivity contribution in [2.75, 3.05) is 6.54 Å². The fourth-order valence-electron chi connectivity index (χ4n) is 2.16. The number of aromatic nitrogens is 2. The van der Waals surface area contributed by atoms with Crippen LogP contribution in [0.1, 0.15) is 41.5 Å². The summed E-state index contributed by atoms with van der Waals surface area (Å²) in [4.78, 5) is 11.0. The molecule has 2 rings (SSSR count). The van der Waals surface area contributed by atoms with Crippen LogP contribution in [0.5, 0.6) is 0 Å². The maximum absolute atomic E-state index is 11.0. The second kappa shape index (κ2) is 4.84. The Kier molecular flexibility index (Phi) is 3.93. The molecule has 0 saturated heterocycles. The molecule has 0 saturated carbocycles. The van der Waals surface area contributed by atoms with Crippen molar-refractivity contribution in [3.63, 3.8) is 0 Å². The molecule has 1 aliphatic rings. The van der Waals surface area contributed by atoms with Gasteiger partial charge < -0.3 is 10.4 Å². The lowest BCUT2D eigenvalue weighted by Crippen LogP contribution is -2.28. The molecular weight excluding hydrogens is 230 g/mol. The quantitative estimate of drug-likeness (QED) is 0.823. The lowest BCUT2D eigenvalue weighted by atomic mass is 9.98. The number of aromatic carboxylic acids is 1. The Morgan fingerprint density at radius 1 is 1.69 bits per heavy atom. The molecule has 2 heterocycles. The van der Waals surface area contributed by atoms with Gasteiger partial charge >= 0.3 is 5.97 Å². The molecular formula is C10H16ClN3O2. The van der Waals surface area contributed by atoms with Crippen molar-refractivity contribution in [3.8, 4) is 0 Å². The van der Waals surface area contributed by atoms with Crippen molar-refractivity contribution in [2.45, 2.75) is 32.9 Å². The lowest BCUT2D eigenvalue weighted by Gasteiger charge is -2.21. The maximum atomic E-state index is 11.0. The fourth-order valence-corrected chi connectivity index (χ4v) is 2.16. The number of carboxylic acids is 1. The number of halogens is 1. The normalized spacial score (nSPS) is 18.8. The van der Waals surface area contributed by atoms with E-state index in [4.69, 9.17) is 5.11 Å². The van der Waals surface area contributed by atoms with Crippen molar-refractivity contribution >= 4 is 18.4 Å². The van der Waals surface area contributed by atoms with Crippen LogP contribution in [0.2, 0.25) is 0 Å². The molecule has 2 N–H and O–H groups in total. The Labute approximate surface area is 100 Å². The van der Waals surface area contributed by atoms with Crippen molar-refractivity contribution in [1.82, 2.24) is 15.1 Å². The summed E-state index contributed by atoms with van der Waals surface area (Å²) in [6.45, 7) is 6.29. The van der Waals surface area contributed by atoms with Gasteiger partial charge in [0.25, 0.3) is 0 Å². The summed E-state index contributed by atoms with van der Waals surface area (Å²) in [7, 11) is 0. The molecule has 5 nitrogen and oxygen atoms in total. The van der Waals surface area contributed by atoms with Crippen LogP contribution in [0.4, 0.5) is 0 Å². The van der Waals surface area contributed by atoms with Crippen LogP contribution in [-0.4, -0.2) is 27.4 Å². The molecule has 1 aromatic heterocycles. The van der Waals surface area contributed by atoms with Crippen LogP contribution in [-0.2, 0) is 13.1 Å². The van der Waals surface area contributed by atoms with Gasteiger partial charge in [-0.15, -0.1) is 12.4 Å². The summed E-state index contributed by atoms with van der Waals surface area (Å²) >= 11 is 0. The van der Waals surface area contributed by atoms with Crippen LogP contribution in [0, 0.1) is 0 Å². The zero-order chi connectivity index (χ0) is 11.0. The first kappa shape index (κ1) is 13.0. The van der Waals surface area contributed by atoms with Crippen LogP contribution in [0.15, 0.2) is 0 Å². The first-order valence-corrected chi connectivity index (χ1v) is 5.18. The van der Waals surface area contributed by atoms with Gasteiger partial charge in [-0.25, -0.2) is 4.79 Å². The Morgan fingerprint density at radius 2 is 2.38 bits per heavy atom.